The Bertz CT molecular complexity index is 1430. The molecule has 0 aliphatic carbocycles. The molecule has 0 saturated carbocycles. The standard InChI is InChI=1S/C27H26N2O4S.ClH/c1-28-16-14-23(15-17-28)33-27(30)26-19-22-18-21(20-8-4-2-5-9-20)12-13-25(22)29(26)34(31,32)24-10-6-3-7-11-24;/h2-13,18-19,23H,14-17H2,1H3;1H. The Morgan fingerprint density at radius 2 is 1.49 bits per heavy atom. The van der Waals surface area contributed by atoms with E-state index in [1.165, 1.54) is 12.1 Å². The van der Waals surface area contributed by atoms with Crippen molar-refractivity contribution in [1.29, 1.82) is 0 Å². The van der Waals surface area contributed by atoms with Crippen LogP contribution in [0.2, 0.25) is 0 Å². The zero-order chi connectivity index (χ0) is 23.7. The van der Waals surface area contributed by atoms with Crippen molar-refractivity contribution in [3.05, 3.63) is 90.6 Å². The first-order valence-electron chi connectivity index (χ1n) is 11.3. The molecule has 1 saturated heterocycles. The monoisotopic (exact) mass is 510 g/mol. The second-order valence-electron chi connectivity index (χ2n) is 8.66. The summed E-state index contributed by atoms with van der Waals surface area (Å²) in [5.74, 6) is -0.619. The number of benzene rings is 3. The summed E-state index contributed by atoms with van der Waals surface area (Å²) in [5.41, 5.74) is 2.41. The van der Waals surface area contributed by atoms with Crippen molar-refractivity contribution in [2.75, 3.05) is 20.1 Å². The van der Waals surface area contributed by atoms with Crippen molar-refractivity contribution in [1.82, 2.24) is 8.87 Å². The maximum Gasteiger partial charge on any atom is 0.356 e. The number of hydrogen-bond donors (Lipinski definition) is 0. The lowest BCUT2D eigenvalue weighted by Crippen LogP contribution is -2.35. The molecule has 3 aromatic carbocycles. The van der Waals surface area contributed by atoms with Gasteiger partial charge in [-0.1, -0.05) is 54.6 Å². The highest BCUT2D eigenvalue weighted by molar-refractivity contribution is 7.90. The van der Waals surface area contributed by atoms with Gasteiger partial charge in [-0.05, 0) is 61.3 Å². The minimum absolute atomic E-state index is 0. The number of likely N-dealkylation sites (tertiary alicyclic amines) is 1. The van der Waals surface area contributed by atoms with E-state index in [4.69, 9.17) is 4.74 Å². The molecule has 6 nitrogen and oxygen atoms in total. The van der Waals surface area contributed by atoms with Crippen LogP contribution in [0.4, 0.5) is 0 Å². The Morgan fingerprint density at radius 3 is 2.14 bits per heavy atom. The first kappa shape index (κ1) is 25.0. The number of ether oxygens (including phenoxy) is 1. The van der Waals surface area contributed by atoms with Crippen molar-refractivity contribution in [2.24, 2.45) is 0 Å². The fraction of sp³-hybridized carbons (Fsp3) is 0.222. The average molecular weight is 511 g/mol. The first-order chi connectivity index (χ1) is 16.4. The normalized spacial score (nSPS) is 15.0. The topological polar surface area (TPSA) is 68.6 Å². The summed E-state index contributed by atoms with van der Waals surface area (Å²) in [5, 5.41) is 0.663. The Morgan fingerprint density at radius 1 is 0.857 bits per heavy atom. The van der Waals surface area contributed by atoms with E-state index in [9.17, 15) is 13.2 Å². The Labute approximate surface area is 211 Å². The van der Waals surface area contributed by atoms with Crippen LogP contribution >= 0.6 is 12.4 Å². The van der Waals surface area contributed by atoms with Gasteiger partial charge in [0, 0.05) is 18.5 Å². The van der Waals surface area contributed by atoms with E-state index in [-0.39, 0.29) is 29.1 Å². The summed E-state index contributed by atoms with van der Waals surface area (Å²) in [4.78, 5) is 15.6. The minimum Gasteiger partial charge on any atom is -0.458 e. The van der Waals surface area contributed by atoms with Gasteiger partial charge in [0.1, 0.15) is 11.8 Å². The maximum atomic E-state index is 13.7. The van der Waals surface area contributed by atoms with Crippen LogP contribution in [0.15, 0.2) is 89.8 Å². The molecule has 1 aromatic heterocycles. The SMILES string of the molecule is CN1CCC(OC(=O)c2cc3cc(-c4ccccc4)ccc3n2S(=O)(=O)c2ccccc2)CC1.Cl. The number of hydrogen-bond acceptors (Lipinski definition) is 5. The molecule has 182 valence electrons. The maximum absolute atomic E-state index is 13.7. The van der Waals surface area contributed by atoms with E-state index in [0.29, 0.717) is 10.9 Å². The molecule has 1 aliphatic heterocycles. The van der Waals surface area contributed by atoms with Crippen molar-refractivity contribution in [3.63, 3.8) is 0 Å². The summed E-state index contributed by atoms with van der Waals surface area (Å²) < 4.78 is 34.3. The van der Waals surface area contributed by atoms with Gasteiger partial charge in [-0.25, -0.2) is 17.2 Å². The predicted octanol–water partition coefficient (Wildman–Crippen LogP) is 5.22. The molecular weight excluding hydrogens is 484 g/mol. The van der Waals surface area contributed by atoms with Crippen molar-refractivity contribution < 1.29 is 17.9 Å². The molecule has 5 rings (SSSR count). The third-order valence-corrected chi connectivity index (χ3v) is 8.04. The van der Waals surface area contributed by atoms with Gasteiger partial charge in [-0.2, -0.15) is 0 Å². The molecule has 1 aliphatic rings. The third kappa shape index (κ3) is 4.98. The summed E-state index contributed by atoms with van der Waals surface area (Å²) >= 11 is 0. The van der Waals surface area contributed by atoms with Gasteiger partial charge >= 0.3 is 5.97 Å². The van der Waals surface area contributed by atoms with Gasteiger partial charge in [0.15, 0.2) is 0 Å². The van der Waals surface area contributed by atoms with E-state index >= 15 is 0 Å². The third-order valence-electron chi connectivity index (χ3n) is 6.29. The largest absolute Gasteiger partial charge is 0.458 e. The first-order valence-corrected chi connectivity index (χ1v) is 12.8. The van der Waals surface area contributed by atoms with Gasteiger partial charge in [0.05, 0.1) is 10.4 Å². The second kappa shape index (κ2) is 10.2. The lowest BCUT2D eigenvalue weighted by molar-refractivity contribution is 0.0132. The van der Waals surface area contributed by atoms with E-state index in [0.717, 1.165) is 41.0 Å². The number of nitrogens with zero attached hydrogens (tertiary/aromatic N) is 2. The number of carbonyl (C=O) groups excluding carboxylic acids is 1. The van der Waals surface area contributed by atoms with Gasteiger partial charge < -0.3 is 9.64 Å². The number of aromatic nitrogens is 1. The van der Waals surface area contributed by atoms with Crippen LogP contribution in [0.3, 0.4) is 0 Å². The molecule has 0 radical (unpaired) electrons. The molecule has 35 heavy (non-hydrogen) atoms. The fourth-order valence-electron chi connectivity index (χ4n) is 4.41. The number of rotatable bonds is 5. The van der Waals surface area contributed by atoms with Crippen LogP contribution in [0.25, 0.3) is 22.0 Å². The molecule has 4 aromatic rings. The summed E-state index contributed by atoms with van der Waals surface area (Å²) in [6.07, 6.45) is 1.23. The molecule has 0 atom stereocenters. The lowest BCUT2D eigenvalue weighted by Gasteiger charge is -2.28. The Kier molecular flexibility index (Phi) is 7.31. The zero-order valence-corrected chi connectivity index (χ0v) is 21.0. The molecule has 1 fully saturated rings. The van der Waals surface area contributed by atoms with Crippen LogP contribution in [0, 0.1) is 0 Å². The van der Waals surface area contributed by atoms with Crippen LogP contribution in [0.1, 0.15) is 23.3 Å². The van der Waals surface area contributed by atoms with Crippen LogP contribution in [-0.4, -0.2) is 49.5 Å². The number of piperidine rings is 1. The lowest BCUT2D eigenvalue weighted by atomic mass is 10.0. The number of carbonyl (C=O) groups is 1. The van der Waals surface area contributed by atoms with Crippen LogP contribution in [-0.2, 0) is 14.8 Å². The molecule has 0 N–H and O–H groups in total. The van der Waals surface area contributed by atoms with E-state index < -0.39 is 16.0 Å². The number of halogens is 1. The highest BCUT2D eigenvalue weighted by Crippen LogP contribution is 2.31. The van der Waals surface area contributed by atoms with Crippen molar-refractivity contribution >= 4 is 39.3 Å². The number of esters is 1. The van der Waals surface area contributed by atoms with E-state index in [1.54, 1.807) is 30.3 Å². The van der Waals surface area contributed by atoms with Gasteiger partial charge in [-0.3, -0.25) is 0 Å². The smallest absolute Gasteiger partial charge is 0.356 e. The molecule has 0 amide bonds. The summed E-state index contributed by atoms with van der Waals surface area (Å²) in [7, 11) is -1.98. The van der Waals surface area contributed by atoms with E-state index in [2.05, 4.69) is 4.90 Å². The summed E-state index contributed by atoms with van der Waals surface area (Å²) in [6, 6.07) is 25.2. The average Bonchev–Trinajstić information content (AvgIpc) is 3.26. The second-order valence-corrected chi connectivity index (χ2v) is 10.4. The van der Waals surface area contributed by atoms with Crippen LogP contribution < -0.4 is 0 Å². The Balaban J connectivity index is 0.00000289. The molecular formula is C27H27ClN2O4S. The predicted molar refractivity (Wildman–Crippen MR) is 140 cm³/mol. The van der Waals surface area contributed by atoms with Crippen LogP contribution in [0.5, 0.6) is 0 Å². The zero-order valence-electron chi connectivity index (χ0n) is 19.3. The van der Waals surface area contributed by atoms with Crippen molar-refractivity contribution in [3.8, 4) is 11.1 Å². The fourth-order valence-corrected chi connectivity index (χ4v) is 5.94. The Hall–Kier alpha value is -3.13. The molecule has 0 spiro atoms. The quantitative estimate of drug-likeness (QED) is 0.344. The van der Waals surface area contributed by atoms with Gasteiger partial charge in [0.2, 0.25) is 0 Å². The molecule has 2 heterocycles. The highest BCUT2D eigenvalue weighted by Gasteiger charge is 2.29. The van der Waals surface area contributed by atoms with Gasteiger partial charge in [-0.15, -0.1) is 12.4 Å². The van der Waals surface area contributed by atoms with E-state index in [1.807, 2.05) is 49.5 Å². The molecule has 8 heteroatoms. The number of fused-ring (bicyclic) bond motifs is 1. The van der Waals surface area contributed by atoms with Gasteiger partial charge in [0.25, 0.3) is 10.0 Å². The van der Waals surface area contributed by atoms with Crippen molar-refractivity contribution in [2.45, 2.75) is 23.8 Å². The minimum atomic E-state index is -4.02. The molecule has 0 bridgehead atoms. The summed E-state index contributed by atoms with van der Waals surface area (Å²) in [6.45, 7) is 1.67. The molecule has 0 unspecified atom stereocenters. The highest BCUT2D eigenvalue weighted by atomic mass is 35.5.